The van der Waals surface area contributed by atoms with Gasteiger partial charge >= 0.3 is 5.97 Å². The molecule has 3 nitrogen and oxygen atoms in total. The van der Waals surface area contributed by atoms with Crippen LogP contribution in [0.4, 0.5) is 0 Å². The molecule has 1 aromatic carbocycles. The summed E-state index contributed by atoms with van der Waals surface area (Å²) in [5.41, 5.74) is 1.69. The van der Waals surface area contributed by atoms with Crippen molar-refractivity contribution < 1.29 is 14.3 Å². The highest BCUT2D eigenvalue weighted by Gasteiger charge is 2.11. The Morgan fingerprint density at radius 1 is 1.38 bits per heavy atom. The maximum absolute atomic E-state index is 11.3. The van der Waals surface area contributed by atoms with Crippen LogP contribution in [0.2, 0.25) is 0 Å². The summed E-state index contributed by atoms with van der Waals surface area (Å²) in [6, 6.07) is 7.25. The lowest BCUT2D eigenvalue weighted by Gasteiger charge is -2.10. The van der Waals surface area contributed by atoms with Gasteiger partial charge in [-0.25, -0.2) is 0 Å². The molecule has 0 radical (unpaired) electrons. The minimum Gasteiger partial charge on any atom is -0.466 e. The summed E-state index contributed by atoms with van der Waals surface area (Å²) >= 11 is 0. The molecule has 0 aromatic heterocycles. The van der Waals surface area contributed by atoms with Crippen LogP contribution in [-0.4, -0.2) is 18.9 Å². The largest absolute Gasteiger partial charge is 0.466 e. The molecule has 1 rings (SSSR count). The van der Waals surface area contributed by atoms with Crippen LogP contribution >= 0.6 is 0 Å². The van der Waals surface area contributed by atoms with Crippen molar-refractivity contribution in [2.45, 2.75) is 26.2 Å². The number of hydrogen-bond acceptors (Lipinski definition) is 3. The van der Waals surface area contributed by atoms with Crippen LogP contribution in [0, 0.1) is 0 Å². The fourth-order valence-corrected chi connectivity index (χ4v) is 1.49. The van der Waals surface area contributed by atoms with E-state index in [1.807, 2.05) is 19.1 Å². The summed E-state index contributed by atoms with van der Waals surface area (Å²) in [5.74, 6) is -0.0748. The van der Waals surface area contributed by atoms with Crippen molar-refractivity contribution in [2.75, 3.05) is 6.61 Å². The normalized spacial score (nSPS) is 11.9. The average molecular weight is 220 g/mol. The molecule has 0 aliphatic carbocycles. The second-order valence-electron chi connectivity index (χ2n) is 3.69. The van der Waals surface area contributed by atoms with Gasteiger partial charge in [0.25, 0.3) is 0 Å². The van der Waals surface area contributed by atoms with Crippen LogP contribution in [-0.2, 0) is 9.53 Å². The van der Waals surface area contributed by atoms with Crippen molar-refractivity contribution >= 4 is 12.3 Å². The topological polar surface area (TPSA) is 43.4 Å². The molecule has 0 spiro atoms. The zero-order chi connectivity index (χ0) is 12.0. The zero-order valence-electron chi connectivity index (χ0n) is 9.60. The number of carbonyl (C=O) groups excluding carboxylic acids is 2. The van der Waals surface area contributed by atoms with Crippen LogP contribution in [0.1, 0.15) is 42.1 Å². The lowest BCUT2D eigenvalue weighted by Crippen LogP contribution is -2.08. The summed E-state index contributed by atoms with van der Waals surface area (Å²) in [6.07, 6.45) is 1.17. The molecule has 0 aliphatic heterocycles. The fourth-order valence-electron chi connectivity index (χ4n) is 1.49. The van der Waals surface area contributed by atoms with Crippen molar-refractivity contribution in [3.05, 3.63) is 35.4 Å². The molecular weight excluding hydrogens is 204 g/mol. The Morgan fingerprint density at radius 3 is 2.50 bits per heavy atom. The van der Waals surface area contributed by atoms with E-state index in [2.05, 4.69) is 0 Å². The Balaban J connectivity index is 2.61. The van der Waals surface area contributed by atoms with Crippen molar-refractivity contribution in [3.63, 3.8) is 0 Å². The minimum absolute atomic E-state index is 0.111. The molecule has 1 unspecified atom stereocenters. The van der Waals surface area contributed by atoms with E-state index in [4.69, 9.17) is 4.74 Å². The van der Waals surface area contributed by atoms with Crippen LogP contribution in [0.3, 0.4) is 0 Å². The molecule has 0 saturated heterocycles. The molecule has 0 N–H and O–H groups in total. The van der Waals surface area contributed by atoms with Crippen molar-refractivity contribution in [1.82, 2.24) is 0 Å². The third-order valence-corrected chi connectivity index (χ3v) is 2.42. The van der Waals surface area contributed by atoms with E-state index in [-0.39, 0.29) is 11.9 Å². The lowest BCUT2D eigenvalue weighted by molar-refractivity contribution is -0.143. The van der Waals surface area contributed by atoms with E-state index in [0.717, 1.165) is 11.8 Å². The first-order chi connectivity index (χ1) is 7.67. The molecule has 1 aromatic rings. The van der Waals surface area contributed by atoms with Gasteiger partial charge in [0, 0.05) is 5.56 Å². The molecule has 16 heavy (non-hydrogen) atoms. The van der Waals surface area contributed by atoms with E-state index in [9.17, 15) is 9.59 Å². The highest BCUT2D eigenvalue weighted by atomic mass is 16.5. The Bertz CT molecular complexity index is 354. The Kier molecular flexibility index (Phi) is 4.70. The highest BCUT2D eigenvalue weighted by molar-refractivity contribution is 5.75. The Morgan fingerprint density at radius 2 is 2.00 bits per heavy atom. The molecule has 0 aliphatic rings. The average Bonchev–Trinajstić information content (AvgIpc) is 2.29. The predicted octanol–water partition coefficient (Wildman–Crippen LogP) is 2.56. The summed E-state index contributed by atoms with van der Waals surface area (Å²) in [5, 5.41) is 0. The fraction of sp³-hybridized carbons (Fsp3) is 0.385. The van der Waals surface area contributed by atoms with Crippen LogP contribution in [0.25, 0.3) is 0 Å². The molecule has 0 saturated carbocycles. The van der Waals surface area contributed by atoms with E-state index in [1.54, 1.807) is 19.1 Å². The number of esters is 1. The monoisotopic (exact) mass is 220 g/mol. The van der Waals surface area contributed by atoms with E-state index in [1.165, 1.54) is 0 Å². The van der Waals surface area contributed by atoms with Gasteiger partial charge in [-0.1, -0.05) is 31.2 Å². The molecule has 0 fully saturated rings. The minimum atomic E-state index is -0.186. The van der Waals surface area contributed by atoms with Gasteiger partial charge in [-0.05, 0) is 18.4 Å². The van der Waals surface area contributed by atoms with E-state index >= 15 is 0 Å². The number of rotatable bonds is 5. The molecule has 3 heteroatoms. The van der Waals surface area contributed by atoms with Gasteiger partial charge in [0.2, 0.25) is 0 Å². The number of ether oxygens (including phenoxy) is 1. The second-order valence-corrected chi connectivity index (χ2v) is 3.69. The van der Waals surface area contributed by atoms with Crippen molar-refractivity contribution in [3.8, 4) is 0 Å². The van der Waals surface area contributed by atoms with Crippen LogP contribution in [0.5, 0.6) is 0 Å². The number of hydrogen-bond donors (Lipinski definition) is 0. The summed E-state index contributed by atoms with van der Waals surface area (Å²) in [6.45, 7) is 4.17. The molecule has 0 amide bonds. The number of benzene rings is 1. The smallest absolute Gasteiger partial charge is 0.306 e. The molecular formula is C13H16O3. The van der Waals surface area contributed by atoms with E-state index in [0.29, 0.717) is 18.6 Å². The molecule has 0 bridgehead atoms. The van der Waals surface area contributed by atoms with Crippen molar-refractivity contribution in [1.29, 1.82) is 0 Å². The third kappa shape index (κ3) is 3.50. The van der Waals surface area contributed by atoms with Crippen molar-refractivity contribution in [2.24, 2.45) is 0 Å². The first-order valence-electron chi connectivity index (χ1n) is 5.38. The first kappa shape index (κ1) is 12.4. The van der Waals surface area contributed by atoms with Gasteiger partial charge in [0.05, 0.1) is 13.0 Å². The summed E-state index contributed by atoms with van der Waals surface area (Å²) < 4.78 is 4.88. The number of carbonyl (C=O) groups is 2. The first-order valence-corrected chi connectivity index (χ1v) is 5.38. The van der Waals surface area contributed by atoms with Gasteiger partial charge in [0.15, 0.2) is 0 Å². The van der Waals surface area contributed by atoms with Crippen LogP contribution < -0.4 is 0 Å². The van der Waals surface area contributed by atoms with Crippen LogP contribution in [0.15, 0.2) is 24.3 Å². The summed E-state index contributed by atoms with van der Waals surface area (Å²) in [7, 11) is 0. The van der Waals surface area contributed by atoms with Gasteiger partial charge in [-0.3, -0.25) is 9.59 Å². The maximum atomic E-state index is 11.3. The predicted molar refractivity (Wildman–Crippen MR) is 61.5 cm³/mol. The molecule has 1 atom stereocenters. The lowest BCUT2D eigenvalue weighted by atomic mass is 9.97. The van der Waals surface area contributed by atoms with Gasteiger partial charge in [-0.15, -0.1) is 0 Å². The Hall–Kier alpha value is -1.64. The van der Waals surface area contributed by atoms with E-state index < -0.39 is 0 Å². The standard InChI is InChI=1S/C13H16O3/c1-3-16-13(15)8-10(2)12-6-4-11(9-14)5-7-12/h4-7,9-10H,3,8H2,1-2H3. The van der Waals surface area contributed by atoms with Gasteiger partial charge in [-0.2, -0.15) is 0 Å². The third-order valence-electron chi connectivity index (χ3n) is 2.42. The molecule has 0 heterocycles. The van der Waals surface area contributed by atoms with Gasteiger partial charge in [0.1, 0.15) is 6.29 Å². The number of aldehydes is 1. The second kappa shape index (κ2) is 6.05. The maximum Gasteiger partial charge on any atom is 0.306 e. The van der Waals surface area contributed by atoms with Gasteiger partial charge < -0.3 is 4.74 Å². The Labute approximate surface area is 95.4 Å². The SMILES string of the molecule is CCOC(=O)CC(C)c1ccc(C=O)cc1. The molecule has 86 valence electrons. The summed E-state index contributed by atoms with van der Waals surface area (Å²) in [4.78, 5) is 21.7. The highest BCUT2D eigenvalue weighted by Crippen LogP contribution is 2.19. The zero-order valence-corrected chi connectivity index (χ0v) is 9.60. The quantitative estimate of drug-likeness (QED) is 0.565.